The minimum atomic E-state index is -0.209. The third-order valence-electron chi connectivity index (χ3n) is 3.96. The maximum absolute atomic E-state index is 12.0. The van der Waals surface area contributed by atoms with Crippen molar-refractivity contribution in [3.05, 3.63) is 58.7 Å². The average molecular weight is 361 g/mol. The Bertz CT molecular complexity index is 702. The van der Waals surface area contributed by atoms with Crippen molar-refractivity contribution < 1.29 is 9.53 Å². The molecule has 0 saturated carbocycles. The highest BCUT2D eigenvalue weighted by molar-refractivity contribution is 6.30. The number of hydrogen-bond donors (Lipinski definition) is 2. The summed E-state index contributed by atoms with van der Waals surface area (Å²) in [6.07, 6.45) is 1.77. The lowest BCUT2D eigenvalue weighted by Crippen LogP contribution is -2.37. The van der Waals surface area contributed by atoms with Gasteiger partial charge in [-0.25, -0.2) is 9.78 Å². The zero-order valence-electron chi connectivity index (χ0n) is 13.9. The van der Waals surface area contributed by atoms with Gasteiger partial charge in [-0.15, -0.1) is 0 Å². The average Bonchev–Trinajstić information content (AvgIpc) is 2.67. The highest BCUT2D eigenvalue weighted by atomic mass is 35.5. The summed E-state index contributed by atoms with van der Waals surface area (Å²) < 4.78 is 5.36. The van der Waals surface area contributed by atoms with Gasteiger partial charge < -0.3 is 20.3 Å². The Hall–Kier alpha value is -2.31. The molecule has 2 amide bonds. The molecule has 1 fully saturated rings. The fourth-order valence-electron chi connectivity index (χ4n) is 2.57. The molecule has 3 rings (SSSR count). The van der Waals surface area contributed by atoms with E-state index in [9.17, 15) is 4.79 Å². The van der Waals surface area contributed by atoms with Crippen molar-refractivity contribution in [2.45, 2.75) is 13.1 Å². The number of benzene rings is 1. The van der Waals surface area contributed by atoms with Crippen molar-refractivity contribution in [3.8, 4) is 0 Å². The molecule has 1 aliphatic rings. The van der Waals surface area contributed by atoms with Gasteiger partial charge in [0.25, 0.3) is 0 Å². The maximum atomic E-state index is 12.0. The van der Waals surface area contributed by atoms with E-state index in [1.54, 1.807) is 18.3 Å². The van der Waals surface area contributed by atoms with Crippen LogP contribution in [0.5, 0.6) is 0 Å². The number of urea groups is 1. The van der Waals surface area contributed by atoms with Crippen LogP contribution in [0.15, 0.2) is 42.6 Å². The lowest BCUT2D eigenvalue weighted by molar-refractivity contribution is 0.122. The number of amides is 2. The highest BCUT2D eigenvalue weighted by Gasteiger charge is 2.12. The summed E-state index contributed by atoms with van der Waals surface area (Å²) in [5.74, 6) is 0.921. The van der Waals surface area contributed by atoms with Crippen molar-refractivity contribution >= 4 is 23.4 Å². The normalized spacial score (nSPS) is 14.2. The number of rotatable bonds is 5. The summed E-state index contributed by atoms with van der Waals surface area (Å²) in [7, 11) is 0. The summed E-state index contributed by atoms with van der Waals surface area (Å²) in [5.41, 5.74) is 2.01. The Kier molecular flexibility index (Phi) is 6.09. The first-order valence-corrected chi connectivity index (χ1v) is 8.62. The Labute approximate surface area is 152 Å². The molecule has 132 valence electrons. The van der Waals surface area contributed by atoms with E-state index in [0.717, 1.165) is 43.2 Å². The van der Waals surface area contributed by atoms with Crippen LogP contribution in [0.1, 0.15) is 11.1 Å². The number of nitrogens with zero attached hydrogens (tertiary/aromatic N) is 2. The molecule has 2 heterocycles. The summed E-state index contributed by atoms with van der Waals surface area (Å²) in [6, 6.07) is 11.1. The van der Waals surface area contributed by atoms with Gasteiger partial charge in [0, 0.05) is 37.4 Å². The quantitative estimate of drug-likeness (QED) is 0.860. The molecule has 6 nitrogen and oxygen atoms in total. The number of aromatic nitrogens is 1. The molecule has 25 heavy (non-hydrogen) atoms. The van der Waals surface area contributed by atoms with Gasteiger partial charge in [0.05, 0.1) is 13.2 Å². The van der Waals surface area contributed by atoms with Gasteiger partial charge in [0.2, 0.25) is 0 Å². The van der Waals surface area contributed by atoms with Crippen molar-refractivity contribution in [2.75, 3.05) is 31.2 Å². The number of carbonyl (C=O) groups excluding carboxylic acids is 1. The monoisotopic (exact) mass is 360 g/mol. The number of hydrogen-bond acceptors (Lipinski definition) is 4. The molecule has 0 spiro atoms. The second kappa shape index (κ2) is 8.69. The van der Waals surface area contributed by atoms with E-state index in [-0.39, 0.29) is 6.03 Å². The predicted molar refractivity (Wildman–Crippen MR) is 97.8 cm³/mol. The van der Waals surface area contributed by atoms with Gasteiger partial charge in [0.15, 0.2) is 0 Å². The van der Waals surface area contributed by atoms with Crippen LogP contribution in [0.3, 0.4) is 0 Å². The SMILES string of the molecule is O=C(NCc1ccc(Cl)cc1)NCc1ccnc(N2CCOCC2)c1. The Morgan fingerprint density at radius 1 is 1.08 bits per heavy atom. The smallest absolute Gasteiger partial charge is 0.315 e. The van der Waals surface area contributed by atoms with Crippen molar-refractivity contribution in [3.63, 3.8) is 0 Å². The molecule has 1 saturated heterocycles. The van der Waals surface area contributed by atoms with Gasteiger partial charge in [-0.2, -0.15) is 0 Å². The fraction of sp³-hybridized carbons (Fsp3) is 0.333. The van der Waals surface area contributed by atoms with E-state index < -0.39 is 0 Å². The van der Waals surface area contributed by atoms with E-state index in [0.29, 0.717) is 18.1 Å². The zero-order chi connectivity index (χ0) is 17.5. The Morgan fingerprint density at radius 3 is 2.48 bits per heavy atom. The van der Waals surface area contributed by atoms with Crippen LogP contribution in [0, 0.1) is 0 Å². The highest BCUT2D eigenvalue weighted by Crippen LogP contribution is 2.14. The molecule has 1 aromatic heterocycles. The van der Waals surface area contributed by atoms with Gasteiger partial charge >= 0.3 is 6.03 Å². The van der Waals surface area contributed by atoms with Crippen molar-refractivity contribution in [1.82, 2.24) is 15.6 Å². The second-order valence-corrected chi connectivity index (χ2v) is 6.22. The standard InChI is InChI=1S/C18H21ClN4O2/c19-16-3-1-14(2-4-16)12-21-18(24)22-13-15-5-6-20-17(11-15)23-7-9-25-10-8-23/h1-6,11H,7-10,12-13H2,(H2,21,22,24). The number of ether oxygens (including phenoxy) is 1. The van der Waals surface area contributed by atoms with Crippen LogP contribution in [-0.4, -0.2) is 37.3 Å². The van der Waals surface area contributed by atoms with Crippen molar-refractivity contribution in [1.29, 1.82) is 0 Å². The third kappa shape index (κ3) is 5.34. The molecule has 2 N–H and O–H groups in total. The zero-order valence-corrected chi connectivity index (χ0v) is 14.6. The first-order chi connectivity index (χ1) is 12.2. The molecule has 0 bridgehead atoms. The molecule has 0 aliphatic carbocycles. The van der Waals surface area contributed by atoms with Crippen LogP contribution in [0.25, 0.3) is 0 Å². The molecule has 1 aliphatic heterocycles. The summed E-state index contributed by atoms with van der Waals surface area (Å²) in [4.78, 5) is 18.5. The Morgan fingerprint density at radius 2 is 1.76 bits per heavy atom. The largest absolute Gasteiger partial charge is 0.378 e. The van der Waals surface area contributed by atoms with Gasteiger partial charge in [-0.05, 0) is 35.4 Å². The number of anilines is 1. The third-order valence-corrected chi connectivity index (χ3v) is 4.22. The first kappa shape index (κ1) is 17.5. The van der Waals surface area contributed by atoms with Crippen LogP contribution in [-0.2, 0) is 17.8 Å². The molecular weight excluding hydrogens is 340 g/mol. The molecule has 0 unspecified atom stereocenters. The van der Waals surface area contributed by atoms with Crippen molar-refractivity contribution in [2.24, 2.45) is 0 Å². The number of pyridine rings is 1. The summed E-state index contributed by atoms with van der Waals surface area (Å²) in [5, 5.41) is 6.38. The number of morpholine rings is 1. The topological polar surface area (TPSA) is 66.5 Å². The lowest BCUT2D eigenvalue weighted by atomic mass is 10.2. The van der Waals surface area contributed by atoms with Crippen LogP contribution >= 0.6 is 11.6 Å². The van der Waals surface area contributed by atoms with E-state index in [2.05, 4.69) is 20.5 Å². The minimum Gasteiger partial charge on any atom is -0.378 e. The lowest BCUT2D eigenvalue weighted by Gasteiger charge is -2.28. The summed E-state index contributed by atoms with van der Waals surface area (Å²) in [6.45, 7) is 4.02. The van der Waals surface area contributed by atoms with Crippen LogP contribution in [0.4, 0.5) is 10.6 Å². The van der Waals surface area contributed by atoms with Crippen LogP contribution < -0.4 is 15.5 Å². The molecule has 2 aromatic rings. The molecule has 7 heteroatoms. The van der Waals surface area contributed by atoms with E-state index in [1.165, 1.54) is 0 Å². The fourth-order valence-corrected chi connectivity index (χ4v) is 2.69. The second-order valence-electron chi connectivity index (χ2n) is 5.78. The molecule has 1 aromatic carbocycles. The van der Waals surface area contributed by atoms with E-state index in [1.807, 2.05) is 24.3 Å². The number of carbonyl (C=O) groups is 1. The van der Waals surface area contributed by atoms with Gasteiger partial charge in [-0.1, -0.05) is 23.7 Å². The van der Waals surface area contributed by atoms with Crippen LogP contribution in [0.2, 0.25) is 5.02 Å². The Balaban J connectivity index is 1.47. The molecular formula is C18H21ClN4O2. The predicted octanol–water partition coefficient (Wildman–Crippen LogP) is 2.57. The van der Waals surface area contributed by atoms with Gasteiger partial charge in [0.1, 0.15) is 5.82 Å². The maximum Gasteiger partial charge on any atom is 0.315 e. The minimum absolute atomic E-state index is 0.209. The first-order valence-electron chi connectivity index (χ1n) is 8.24. The van der Waals surface area contributed by atoms with E-state index >= 15 is 0 Å². The summed E-state index contributed by atoms with van der Waals surface area (Å²) >= 11 is 5.85. The number of halogens is 1. The number of nitrogens with one attached hydrogen (secondary N) is 2. The van der Waals surface area contributed by atoms with E-state index in [4.69, 9.17) is 16.3 Å². The van der Waals surface area contributed by atoms with Gasteiger partial charge in [-0.3, -0.25) is 0 Å². The molecule has 0 atom stereocenters. The molecule has 0 radical (unpaired) electrons.